The number of halogens is 1. The highest BCUT2D eigenvalue weighted by Crippen LogP contribution is 2.21. The van der Waals surface area contributed by atoms with Gasteiger partial charge in [0.25, 0.3) is 10.2 Å². The first-order valence-electron chi connectivity index (χ1n) is 5.14. The third-order valence-corrected chi connectivity index (χ3v) is 3.65. The molecule has 1 rings (SSSR count). The van der Waals surface area contributed by atoms with Gasteiger partial charge in [-0.25, -0.2) is 0 Å². The van der Waals surface area contributed by atoms with Crippen molar-refractivity contribution in [2.24, 2.45) is 0 Å². The van der Waals surface area contributed by atoms with E-state index in [9.17, 15) is 8.42 Å². The van der Waals surface area contributed by atoms with E-state index in [1.165, 1.54) is 6.07 Å². The van der Waals surface area contributed by atoms with Gasteiger partial charge in [-0.3, -0.25) is 4.72 Å². The van der Waals surface area contributed by atoms with Gasteiger partial charge in [0.2, 0.25) is 0 Å². The molecule has 5 nitrogen and oxygen atoms in total. The van der Waals surface area contributed by atoms with Crippen LogP contribution in [0.1, 0.15) is 26.3 Å². The number of nitriles is 1. The molecule has 0 radical (unpaired) electrons. The Bertz CT molecular complexity index is 585. The maximum atomic E-state index is 11.8. The summed E-state index contributed by atoms with van der Waals surface area (Å²) in [4.78, 5) is 0. The second-order valence-electron chi connectivity index (χ2n) is 4.76. The van der Waals surface area contributed by atoms with Crippen molar-refractivity contribution >= 4 is 31.8 Å². The SMILES string of the molecule is CC(C)(C)NS(=O)(=O)Nc1ccc(Br)cc1C#N. The lowest BCUT2D eigenvalue weighted by molar-refractivity contribution is 0.494. The van der Waals surface area contributed by atoms with Gasteiger partial charge in [0.1, 0.15) is 6.07 Å². The van der Waals surface area contributed by atoms with Crippen LogP contribution in [0.5, 0.6) is 0 Å². The fraction of sp³-hybridized carbons (Fsp3) is 0.364. The van der Waals surface area contributed by atoms with E-state index in [4.69, 9.17) is 5.26 Å². The molecule has 0 heterocycles. The van der Waals surface area contributed by atoms with E-state index in [0.717, 1.165) is 0 Å². The molecule has 0 aromatic heterocycles. The van der Waals surface area contributed by atoms with Gasteiger partial charge in [-0.05, 0) is 39.0 Å². The van der Waals surface area contributed by atoms with Crippen LogP contribution in [-0.4, -0.2) is 14.0 Å². The second-order valence-corrected chi connectivity index (χ2v) is 7.09. The van der Waals surface area contributed by atoms with E-state index in [1.54, 1.807) is 32.9 Å². The zero-order chi connectivity index (χ0) is 14.0. The maximum absolute atomic E-state index is 11.8. The van der Waals surface area contributed by atoms with Crippen LogP contribution in [0.25, 0.3) is 0 Å². The van der Waals surface area contributed by atoms with Crippen LogP contribution in [0, 0.1) is 11.3 Å². The minimum absolute atomic E-state index is 0.248. The van der Waals surface area contributed by atoms with Crippen LogP contribution in [0.4, 0.5) is 5.69 Å². The standard InChI is InChI=1S/C11H14BrN3O2S/c1-11(2,3)15-18(16,17)14-10-5-4-9(12)6-8(10)7-13/h4-6,14-15H,1-3H3. The molecular weight excluding hydrogens is 318 g/mol. The van der Waals surface area contributed by atoms with E-state index in [0.29, 0.717) is 4.47 Å². The number of hydrogen-bond acceptors (Lipinski definition) is 3. The predicted octanol–water partition coefficient (Wildman–Crippen LogP) is 2.37. The lowest BCUT2D eigenvalue weighted by Gasteiger charge is -2.21. The summed E-state index contributed by atoms with van der Waals surface area (Å²) in [5.41, 5.74) is -0.0883. The molecule has 0 atom stereocenters. The average Bonchev–Trinajstić information content (AvgIpc) is 2.16. The molecule has 2 N–H and O–H groups in total. The van der Waals surface area contributed by atoms with Crippen molar-refractivity contribution in [3.63, 3.8) is 0 Å². The van der Waals surface area contributed by atoms with E-state index >= 15 is 0 Å². The topological polar surface area (TPSA) is 82.0 Å². The fourth-order valence-corrected chi connectivity index (χ4v) is 2.96. The Morgan fingerprint density at radius 3 is 2.44 bits per heavy atom. The van der Waals surface area contributed by atoms with Gasteiger partial charge in [0.05, 0.1) is 11.3 Å². The highest BCUT2D eigenvalue weighted by Gasteiger charge is 2.20. The summed E-state index contributed by atoms with van der Waals surface area (Å²) in [7, 11) is -3.70. The molecule has 0 aliphatic carbocycles. The van der Waals surface area contributed by atoms with Crippen molar-refractivity contribution in [1.29, 1.82) is 5.26 Å². The predicted molar refractivity (Wildman–Crippen MR) is 74.3 cm³/mol. The minimum atomic E-state index is -3.70. The summed E-state index contributed by atoms with van der Waals surface area (Å²) >= 11 is 3.22. The summed E-state index contributed by atoms with van der Waals surface area (Å²) in [5, 5.41) is 8.95. The molecule has 0 fully saturated rings. The van der Waals surface area contributed by atoms with Crippen molar-refractivity contribution in [2.45, 2.75) is 26.3 Å². The zero-order valence-corrected chi connectivity index (χ0v) is 12.7. The van der Waals surface area contributed by atoms with Crippen LogP contribution in [0.2, 0.25) is 0 Å². The third-order valence-electron chi connectivity index (χ3n) is 1.79. The van der Waals surface area contributed by atoms with Crippen molar-refractivity contribution < 1.29 is 8.42 Å². The molecule has 0 bridgehead atoms. The number of benzene rings is 1. The summed E-state index contributed by atoms with van der Waals surface area (Å²) in [6.07, 6.45) is 0. The smallest absolute Gasteiger partial charge is 0.270 e. The third kappa shape index (κ3) is 4.64. The number of nitrogens with zero attached hydrogens (tertiary/aromatic N) is 1. The highest BCUT2D eigenvalue weighted by atomic mass is 79.9. The molecule has 0 unspecified atom stereocenters. The molecule has 1 aromatic rings. The van der Waals surface area contributed by atoms with Crippen molar-refractivity contribution in [2.75, 3.05) is 4.72 Å². The normalized spacial score (nSPS) is 11.9. The van der Waals surface area contributed by atoms with Gasteiger partial charge in [0, 0.05) is 10.0 Å². The molecule has 0 saturated heterocycles. The second kappa shape index (κ2) is 5.26. The summed E-state index contributed by atoms with van der Waals surface area (Å²) in [6, 6.07) is 6.68. The quantitative estimate of drug-likeness (QED) is 0.891. The van der Waals surface area contributed by atoms with Gasteiger partial charge < -0.3 is 0 Å². The lowest BCUT2D eigenvalue weighted by atomic mass is 10.1. The minimum Gasteiger partial charge on any atom is -0.270 e. The van der Waals surface area contributed by atoms with E-state index in [2.05, 4.69) is 25.4 Å². The molecule has 0 amide bonds. The Morgan fingerprint density at radius 1 is 1.33 bits per heavy atom. The van der Waals surface area contributed by atoms with Gasteiger partial charge in [-0.2, -0.15) is 18.4 Å². The molecule has 0 aliphatic heterocycles. The average molecular weight is 332 g/mol. The fourth-order valence-electron chi connectivity index (χ4n) is 1.27. The first-order chi connectivity index (χ1) is 8.13. The van der Waals surface area contributed by atoms with E-state index < -0.39 is 15.7 Å². The monoisotopic (exact) mass is 331 g/mol. The van der Waals surface area contributed by atoms with E-state index in [-0.39, 0.29) is 11.3 Å². The molecule has 7 heteroatoms. The van der Waals surface area contributed by atoms with Gasteiger partial charge in [0.15, 0.2) is 0 Å². The van der Waals surface area contributed by atoms with Crippen LogP contribution in [0.15, 0.2) is 22.7 Å². The number of anilines is 1. The van der Waals surface area contributed by atoms with Crippen LogP contribution < -0.4 is 9.44 Å². The summed E-state index contributed by atoms with van der Waals surface area (Å²) in [5.74, 6) is 0. The number of nitrogens with one attached hydrogen (secondary N) is 2. The van der Waals surface area contributed by atoms with Gasteiger partial charge in [-0.15, -0.1) is 0 Å². The molecule has 0 saturated carbocycles. The zero-order valence-electron chi connectivity index (χ0n) is 10.3. The first kappa shape index (κ1) is 15.0. The summed E-state index contributed by atoms with van der Waals surface area (Å²) in [6.45, 7) is 5.21. The van der Waals surface area contributed by atoms with Crippen LogP contribution in [0.3, 0.4) is 0 Å². The van der Waals surface area contributed by atoms with Gasteiger partial charge >= 0.3 is 0 Å². The molecule has 18 heavy (non-hydrogen) atoms. The highest BCUT2D eigenvalue weighted by molar-refractivity contribution is 9.10. The molecule has 1 aromatic carbocycles. The van der Waals surface area contributed by atoms with Crippen LogP contribution >= 0.6 is 15.9 Å². The van der Waals surface area contributed by atoms with E-state index in [1.807, 2.05) is 6.07 Å². The Balaban J connectivity index is 3.02. The van der Waals surface area contributed by atoms with Crippen molar-refractivity contribution in [1.82, 2.24) is 4.72 Å². The Morgan fingerprint density at radius 2 is 1.94 bits per heavy atom. The van der Waals surface area contributed by atoms with Crippen molar-refractivity contribution in [3.05, 3.63) is 28.2 Å². The molecule has 0 aliphatic rings. The molecular formula is C11H14BrN3O2S. The Labute approximate surface area is 116 Å². The van der Waals surface area contributed by atoms with Gasteiger partial charge in [-0.1, -0.05) is 15.9 Å². The Kier molecular flexibility index (Phi) is 4.37. The largest absolute Gasteiger partial charge is 0.299 e. The first-order valence-corrected chi connectivity index (χ1v) is 7.42. The molecule has 98 valence electrons. The maximum Gasteiger partial charge on any atom is 0.299 e. The lowest BCUT2D eigenvalue weighted by Crippen LogP contribution is -2.43. The Hall–Kier alpha value is -1.10. The molecule has 0 spiro atoms. The van der Waals surface area contributed by atoms with Crippen molar-refractivity contribution in [3.8, 4) is 6.07 Å². The van der Waals surface area contributed by atoms with Crippen LogP contribution in [-0.2, 0) is 10.2 Å². The number of hydrogen-bond donors (Lipinski definition) is 2. The number of rotatable bonds is 3. The summed E-state index contributed by atoms with van der Waals surface area (Å²) < 4.78 is 29.2.